The van der Waals surface area contributed by atoms with Gasteiger partial charge in [-0.2, -0.15) is 0 Å². The lowest BCUT2D eigenvalue weighted by Crippen LogP contribution is -2.32. The molecule has 6 nitrogen and oxygen atoms in total. The molecule has 1 aliphatic rings. The van der Waals surface area contributed by atoms with Crippen molar-refractivity contribution in [1.82, 2.24) is 0 Å². The van der Waals surface area contributed by atoms with E-state index in [-0.39, 0.29) is 16.6 Å². The molecule has 9 heteroatoms. The average molecular weight is 545 g/mol. The summed E-state index contributed by atoms with van der Waals surface area (Å²) in [4.78, 5) is 39.4. The van der Waals surface area contributed by atoms with E-state index in [2.05, 4.69) is 26.6 Å². The maximum atomic E-state index is 13.0. The van der Waals surface area contributed by atoms with Gasteiger partial charge in [0, 0.05) is 26.4 Å². The number of rotatable bonds is 5. The Bertz CT molecular complexity index is 1340. The van der Waals surface area contributed by atoms with Crippen molar-refractivity contribution in [2.75, 3.05) is 15.5 Å². The number of benzene rings is 3. The third-order valence-corrected chi connectivity index (χ3v) is 6.01. The highest BCUT2D eigenvalue weighted by atomic mass is 79.9. The van der Waals surface area contributed by atoms with Crippen molar-refractivity contribution in [1.29, 1.82) is 0 Å². The number of hydrogen-bond donors (Lipinski definition) is 2. The molecule has 0 aromatic heterocycles. The van der Waals surface area contributed by atoms with Gasteiger partial charge in [-0.15, -0.1) is 0 Å². The number of anilines is 3. The Morgan fingerprint density at radius 2 is 1.70 bits per heavy atom. The lowest BCUT2D eigenvalue weighted by Gasteiger charge is -2.16. The molecule has 0 atom stereocenters. The number of nitrogens with zero attached hydrogens (tertiary/aromatic N) is 1. The smallest absolute Gasteiger partial charge is 0.283 e. The minimum atomic E-state index is -0.660. The fourth-order valence-corrected chi connectivity index (χ4v) is 4.06. The summed E-state index contributed by atoms with van der Waals surface area (Å²) in [6.07, 6.45) is 0. The fourth-order valence-electron chi connectivity index (χ4n) is 3.26. The second-order valence-corrected chi connectivity index (χ2v) is 8.96. The lowest BCUT2D eigenvalue weighted by molar-refractivity contribution is -0.120. The number of nitrogens with one attached hydrogen (secondary N) is 2. The summed E-state index contributed by atoms with van der Waals surface area (Å²) in [6, 6.07) is 18.6. The minimum absolute atomic E-state index is 0.0747. The van der Waals surface area contributed by atoms with Crippen molar-refractivity contribution >= 4 is 73.9 Å². The van der Waals surface area contributed by atoms with Crippen molar-refractivity contribution in [2.45, 2.75) is 6.92 Å². The first kappa shape index (κ1) is 23.0. The van der Waals surface area contributed by atoms with E-state index < -0.39 is 11.8 Å². The summed E-state index contributed by atoms with van der Waals surface area (Å²) in [5, 5.41) is 5.89. The number of hydrogen-bond acceptors (Lipinski definition) is 4. The number of amides is 3. The molecule has 0 aliphatic carbocycles. The Balaban J connectivity index is 1.59. The third kappa shape index (κ3) is 4.80. The Hall–Kier alpha value is -3.13. The topological polar surface area (TPSA) is 78.5 Å². The first-order valence-corrected chi connectivity index (χ1v) is 11.3. The van der Waals surface area contributed by atoms with E-state index in [1.165, 1.54) is 6.07 Å². The second-order valence-electron chi connectivity index (χ2n) is 7.23. The Morgan fingerprint density at radius 1 is 0.939 bits per heavy atom. The highest BCUT2D eigenvalue weighted by Crippen LogP contribution is 2.32. The molecule has 0 radical (unpaired) electrons. The van der Waals surface area contributed by atoms with Gasteiger partial charge in [-0.05, 0) is 61.0 Å². The molecule has 0 unspecified atom stereocenters. The van der Waals surface area contributed by atoms with E-state index in [4.69, 9.17) is 23.2 Å². The minimum Gasteiger partial charge on any atom is -0.349 e. The second kappa shape index (κ2) is 9.39. The van der Waals surface area contributed by atoms with Gasteiger partial charge in [-0.25, -0.2) is 4.90 Å². The number of carbonyl (C=O) groups excluding carboxylic acids is 3. The number of halogens is 3. The highest BCUT2D eigenvalue weighted by molar-refractivity contribution is 9.10. The van der Waals surface area contributed by atoms with Crippen molar-refractivity contribution in [3.63, 3.8) is 0 Å². The number of aryl methyl sites for hydroxylation is 1. The molecule has 0 fully saturated rings. The first-order valence-electron chi connectivity index (χ1n) is 9.73. The van der Waals surface area contributed by atoms with Crippen LogP contribution in [0.3, 0.4) is 0 Å². The van der Waals surface area contributed by atoms with Gasteiger partial charge in [0.05, 0.1) is 5.69 Å². The molecular weight excluding hydrogens is 529 g/mol. The van der Waals surface area contributed by atoms with E-state index in [0.29, 0.717) is 27.6 Å². The molecule has 166 valence electrons. The van der Waals surface area contributed by atoms with Crippen molar-refractivity contribution in [3.8, 4) is 0 Å². The van der Waals surface area contributed by atoms with Gasteiger partial charge in [-0.1, -0.05) is 57.3 Å². The molecule has 2 N–H and O–H groups in total. The fraction of sp³-hybridized carbons (Fsp3) is 0.0417. The number of imide groups is 1. The van der Waals surface area contributed by atoms with Gasteiger partial charge in [0.1, 0.15) is 10.7 Å². The van der Waals surface area contributed by atoms with E-state index in [1.54, 1.807) is 48.5 Å². The van der Waals surface area contributed by atoms with Crippen LogP contribution in [0.25, 0.3) is 0 Å². The van der Waals surface area contributed by atoms with E-state index in [9.17, 15) is 14.4 Å². The van der Waals surface area contributed by atoms with Gasteiger partial charge < -0.3 is 10.6 Å². The van der Waals surface area contributed by atoms with Gasteiger partial charge in [0.2, 0.25) is 0 Å². The molecular formula is C24H16BrCl2N3O3. The standard InChI is InChI=1S/C24H16BrCl2N3O3/c1-13-8-9-14(22(31)28-17-6-2-4-15(25)11-17)10-19(13)29-21-20(27)23(32)30(24(21)33)18-7-3-5-16(26)12-18/h2-12,29H,1H3,(H,28,31). The lowest BCUT2D eigenvalue weighted by atomic mass is 10.1. The van der Waals surface area contributed by atoms with Gasteiger partial charge in [-0.3, -0.25) is 14.4 Å². The Labute approximate surface area is 208 Å². The molecule has 33 heavy (non-hydrogen) atoms. The SMILES string of the molecule is Cc1ccc(C(=O)Nc2cccc(Br)c2)cc1NC1=C(Cl)C(=O)N(c2cccc(Cl)c2)C1=O. The van der Waals surface area contributed by atoms with E-state index in [1.807, 2.05) is 19.1 Å². The molecule has 3 aromatic rings. The first-order chi connectivity index (χ1) is 15.7. The molecule has 4 rings (SSSR count). The highest BCUT2D eigenvalue weighted by Gasteiger charge is 2.39. The zero-order valence-corrected chi connectivity index (χ0v) is 20.3. The monoisotopic (exact) mass is 543 g/mol. The van der Waals surface area contributed by atoms with Crippen LogP contribution in [-0.2, 0) is 9.59 Å². The molecule has 3 amide bonds. The molecule has 0 spiro atoms. The van der Waals surface area contributed by atoms with Crippen LogP contribution in [0.2, 0.25) is 5.02 Å². The van der Waals surface area contributed by atoms with Crippen LogP contribution < -0.4 is 15.5 Å². The number of carbonyl (C=O) groups is 3. The summed E-state index contributed by atoms with van der Waals surface area (Å²) < 4.78 is 0.835. The average Bonchev–Trinajstić information content (AvgIpc) is 2.98. The molecule has 3 aromatic carbocycles. The molecule has 0 bridgehead atoms. The Kier molecular flexibility index (Phi) is 6.56. The predicted molar refractivity (Wildman–Crippen MR) is 134 cm³/mol. The largest absolute Gasteiger partial charge is 0.349 e. The van der Waals surface area contributed by atoms with Gasteiger partial charge >= 0.3 is 0 Å². The van der Waals surface area contributed by atoms with Crippen molar-refractivity contribution in [3.05, 3.63) is 98.1 Å². The van der Waals surface area contributed by atoms with Gasteiger partial charge in [0.25, 0.3) is 17.7 Å². The summed E-state index contributed by atoms with van der Waals surface area (Å²) >= 11 is 15.6. The quantitative estimate of drug-likeness (QED) is 0.380. The molecule has 1 heterocycles. The van der Waals surface area contributed by atoms with Crippen LogP contribution in [0.4, 0.5) is 17.1 Å². The summed E-state index contributed by atoms with van der Waals surface area (Å²) in [7, 11) is 0. The van der Waals surface area contributed by atoms with Crippen LogP contribution >= 0.6 is 39.1 Å². The third-order valence-electron chi connectivity index (χ3n) is 4.94. The molecule has 1 aliphatic heterocycles. The Morgan fingerprint density at radius 3 is 2.42 bits per heavy atom. The normalized spacial score (nSPS) is 13.5. The van der Waals surface area contributed by atoms with Crippen LogP contribution in [-0.4, -0.2) is 17.7 Å². The molecule has 0 saturated carbocycles. The van der Waals surface area contributed by atoms with Gasteiger partial charge in [0.15, 0.2) is 0 Å². The van der Waals surface area contributed by atoms with Crippen LogP contribution in [0.1, 0.15) is 15.9 Å². The van der Waals surface area contributed by atoms with Crippen molar-refractivity contribution < 1.29 is 14.4 Å². The summed E-state index contributed by atoms with van der Waals surface area (Å²) in [6.45, 7) is 1.81. The summed E-state index contributed by atoms with van der Waals surface area (Å²) in [5.74, 6) is -1.60. The van der Waals surface area contributed by atoms with Crippen molar-refractivity contribution in [2.24, 2.45) is 0 Å². The van der Waals surface area contributed by atoms with Crippen LogP contribution in [0, 0.1) is 6.92 Å². The van der Waals surface area contributed by atoms with Crippen LogP contribution in [0.15, 0.2) is 81.9 Å². The molecule has 0 saturated heterocycles. The maximum absolute atomic E-state index is 13.0. The van der Waals surface area contributed by atoms with E-state index >= 15 is 0 Å². The predicted octanol–water partition coefficient (Wildman–Crippen LogP) is 6.10. The van der Waals surface area contributed by atoms with Crippen LogP contribution in [0.5, 0.6) is 0 Å². The maximum Gasteiger partial charge on any atom is 0.283 e. The zero-order valence-electron chi connectivity index (χ0n) is 17.2. The summed E-state index contributed by atoms with van der Waals surface area (Å²) in [5.41, 5.74) is 2.46. The van der Waals surface area contributed by atoms with E-state index in [0.717, 1.165) is 14.9 Å². The zero-order chi connectivity index (χ0) is 23.7.